The maximum atomic E-state index is 12.5. The number of anilines is 2. The standard InChI is InChI=1S/C18H23F3N2O3/c1-3-10-26-16(24)14-11-13(22-17(25)18(19,20)21)7-8-15(14)23-9-5-4-6-12(23)2/h7-8,11-12H,3-6,9-10H2,1-2H3,(H,22,25)/t12-/m0/s1. The van der Waals surface area contributed by atoms with E-state index in [1.54, 1.807) is 11.4 Å². The van der Waals surface area contributed by atoms with Gasteiger partial charge in [-0.2, -0.15) is 13.2 Å². The molecule has 1 atom stereocenters. The Balaban J connectivity index is 2.34. The Morgan fingerprint density at radius 3 is 2.65 bits per heavy atom. The van der Waals surface area contributed by atoms with E-state index < -0.39 is 18.1 Å². The normalized spacial score (nSPS) is 17.7. The molecule has 1 amide bonds. The van der Waals surface area contributed by atoms with Crippen LogP contribution in [0.4, 0.5) is 24.5 Å². The lowest BCUT2D eigenvalue weighted by Crippen LogP contribution is -2.38. The highest BCUT2D eigenvalue weighted by Gasteiger charge is 2.38. The summed E-state index contributed by atoms with van der Waals surface area (Å²) in [7, 11) is 0. The smallest absolute Gasteiger partial charge is 0.462 e. The van der Waals surface area contributed by atoms with E-state index in [2.05, 4.69) is 4.90 Å². The van der Waals surface area contributed by atoms with Crippen LogP contribution in [0, 0.1) is 0 Å². The molecule has 1 fully saturated rings. The van der Waals surface area contributed by atoms with Crippen molar-refractivity contribution in [3.05, 3.63) is 23.8 Å². The van der Waals surface area contributed by atoms with Gasteiger partial charge in [-0.05, 0) is 50.8 Å². The molecule has 1 aromatic rings. The lowest BCUT2D eigenvalue weighted by molar-refractivity contribution is -0.167. The molecule has 0 aromatic heterocycles. The molecular weight excluding hydrogens is 349 g/mol. The quantitative estimate of drug-likeness (QED) is 0.790. The fourth-order valence-electron chi connectivity index (χ4n) is 2.96. The highest BCUT2D eigenvalue weighted by molar-refractivity contribution is 6.00. The Morgan fingerprint density at radius 1 is 1.31 bits per heavy atom. The predicted molar refractivity (Wildman–Crippen MR) is 92.4 cm³/mol. The summed E-state index contributed by atoms with van der Waals surface area (Å²) >= 11 is 0. The number of esters is 1. The van der Waals surface area contributed by atoms with Crippen molar-refractivity contribution < 1.29 is 27.5 Å². The van der Waals surface area contributed by atoms with E-state index in [0.717, 1.165) is 25.8 Å². The van der Waals surface area contributed by atoms with Crippen molar-refractivity contribution in [2.75, 3.05) is 23.4 Å². The van der Waals surface area contributed by atoms with Crippen LogP contribution < -0.4 is 10.2 Å². The number of nitrogens with zero attached hydrogens (tertiary/aromatic N) is 1. The molecule has 1 N–H and O–H groups in total. The van der Waals surface area contributed by atoms with Crippen molar-refractivity contribution in [1.29, 1.82) is 0 Å². The monoisotopic (exact) mass is 372 g/mol. The van der Waals surface area contributed by atoms with Crippen molar-refractivity contribution in [3.8, 4) is 0 Å². The molecule has 0 bridgehead atoms. The molecule has 26 heavy (non-hydrogen) atoms. The van der Waals surface area contributed by atoms with Gasteiger partial charge < -0.3 is 15.0 Å². The minimum Gasteiger partial charge on any atom is -0.462 e. The first kappa shape index (κ1) is 20.1. The van der Waals surface area contributed by atoms with Gasteiger partial charge in [0, 0.05) is 18.3 Å². The minimum absolute atomic E-state index is 0.0933. The molecule has 0 saturated carbocycles. The molecule has 8 heteroatoms. The topological polar surface area (TPSA) is 58.6 Å². The number of hydrogen-bond acceptors (Lipinski definition) is 4. The number of halogens is 3. The maximum absolute atomic E-state index is 12.5. The van der Waals surface area contributed by atoms with E-state index in [0.29, 0.717) is 12.1 Å². The van der Waals surface area contributed by atoms with E-state index in [9.17, 15) is 22.8 Å². The number of piperidine rings is 1. The zero-order valence-corrected chi connectivity index (χ0v) is 14.9. The van der Waals surface area contributed by atoms with Crippen LogP contribution in [-0.4, -0.2) is 37.2 Å². The van der Waals surface area contributed by atoms with Crippen molar-refractivity contribution in [3.63, 3.8) is 0 Å². The van der Waals surface area contributed by atoms with Gasteiger partial charge in [0.1, 0.15) is 0 Å². The Kier molecular flexibility index (Phi) is 6.50. The number of hydrogen-bond donors (Lipinski definition) is 1. The summed E-state index contributed by atoms with van der Waals surface area (Å²) < 4.78 is 42.6. The first-order chi connectivity index (χ1) is 12.2. The zero-order chi connectivity index (χ0) is 19.3. The van der Waals surface area contributed by atoms with Crippen molar-refractivity contribution in [2.24, 2.45) is 0 Å². The number of alkyl halides is 3. The number of amides is 1. The number of carbonyl (C=O) groups excluding carboxylic acids is 2. The molecule has 5 nitrogen and oxygen atoms in total. The molecular formula is C18H23F3N2O3. The highest BCUT2D eigenvalue weighted by Crippen LogP contribution is 2.31. The van der Waals surface area contributed by atoms with Gasteiger partial charge in [0.05, 0.1) is 17.9 Å². The molecule has 1 aliphatic heterocycles. The summed E-state index contributed by atoms with van der Waals surface area (Å²) in [6, 6.07) is 4.39. The van der Waals surface area contributed by atoms with Gasteiger partial charge in [0.15, 0.2) is 0 Å². The van der Waals surface area contributed by atoms with Crippen LogP contribution in [0.1, 0.15) is 49.9 Å². The van der Waals surface area contributed by atoms with E-state index >= 15 is 0 Å². The molecule has 1 heterocycles. The average molecular weight is 372 g/mol. The Morgan fingerprint density at radius 2 is 2.04 bits per heavy atom. The largest absolute Gasteiger partial charge is 0.471 e. The van der Waals surface area contributed by atoms with Crippen LogP contribution in [0.15, 0.2) is 18.2 Å². The second-order valence-electron chi connectivity index (χ2n) is 6.36. The first-order valence-electron chi connectivity index (χ1n) is 8.70. The van der Waals surface area contributed by atoms with E-state index in [-0.39, 0.29) is 23.9 Å². The Labute approximate surface area is 150 Å². The maximum Gasteiger partial charge on any atom is 0.471 e. The van der Waals surface area contributed by atoms with E-state index in [1.165, 1.54) is 12.1 Å². The molecule has 0 unspecified atom stereocenters. The zero-order valence-electron chi connectivity index (χ0n) is 14.9. The van der Waals surface area contributed by atoms with Crippen LogP contribution in [0.2, 0.25) is 0 Å². The molecule has 1 aliphatic rings. The van der Waals surface area contributed by atoms with Crippen LogP contribution in [0.5, 0.6) is 0 Å². The minimum atomic E-state index is -5.00. The lowest BCUT2D eigenvalue weighted by atomic mass is 10.0. The summed E-state index contributed by atoms with van der Waals surface area (Å²) in [4.78, 5) is 25.6. The fourth-order valence-corrected chi connectivity index (χ4v) is 2.96. The molecule has 144 valence electrons. The van der Waals surface area contributed by atoms with Crippen LogP contribution in [0.25, 0.3) is 0 Å². The van der Waals surface area contributed by atoms with Crippen molar-refractivity contribution in [1.82, 2.24) is 0 Å². The van der Waals surface area contributed by atoms with E-state index in [4.69, 9.17) is 4.74 Å². The summed E-state index contributed by atoms with van der Waals surface area (Å²) in [6.07, 6.45) is -1.34. The molecule has 1 aromatic carbocycles. The Bertz CT molecular complexity index is 662. The fraction of sp³-hybridized carbons (Fsp3) is 0.556. The summed E-state index contributed by atoms with van der Waals surface area (Å²) in [6.45, 7) is 4.86. The second kappa shape index (κ2) is 8.42. The third-order valence-corrected chi connectivity index (χ3v) is 4.28. The Hall–Kier alpha value is -2.25. The molecule has 0 aliphatic carbocycles. The lowest BCUT2D eigenvalue weighted by Gasteiger charge is -2.36. The molecule has 0 radical (unpaired) electrons. The second-order valence-corrected chi connectivity index (χ2v) is 6.36. The van der Waals surface area contributed by atoms with Crippen LogP contribution in [0.3, 0.4) is 0 Å². The average Bonchev–Trinajstić information content (AvgIpc) is 2.59. The van der Waals surface area contributed by atoms with Gasteiger partial charge in [0.2, 0.25) is 0 Å². The highest BCUT2D eigenvalue weighted by atomic mass is 19.4. The summed E-state index contributed by atoms with van der Waals surface area (Å²) in [5.74, 6) is -2.69. The van der Waals surface area contributed by atoms with Gasteiger partial charge in [0.25, 0.3) is 0 Å². The number of rotatable bonds is 5. The number of nitrogens with one attached hydrogen (secondary N) is 1. The van der Waals surface area contributed by atoms with Crippen LogP contribution in [-0.2, 0) is 9.53 Å². The van der Waals surface area contributed by atoms with Gasteiger partial charge in [-0.1, -0.05) is 6.92 Å². The summed E-state index contributed by atoms with van der Waals surface area (Å²) in [5.41, 5.74) is 0.680. The number of ether oxygens (including phenoxy) is 1. The SMILES string of the molecule is CCCOC(=O)c1cc(NC(=O)C(F)(F)F)ccc1N1CCCC[C@@H]1C. The summed E-state index contributed by atoms with van der Waals surface area (Å²) in [5, 5.41) is 1.78. The third kappa shape index (κ3) is 4.89. The molecule has 2 rings (SSSR count). The van der Waals surface area contributed by atoms with Gasteiger partial charge in [-0.3, -0.25) is 4.79 Å². The van der Waals surface area contributed by atoms with Gasteiger partial charge >= 0.3 is 18.1 Å². The molecule has 0 spiro atoms. The molecule has 1 saturated heterocycles. The third-order valence-electron chi connectivity index (χ3n) is 4.28. The van der Waals surface area contributed by atoms with Crippen LogP contribution >= 0.6 is 0 Å². The van der Waals surface area contributed by atoms with E-state index in [1.807, 2.05) is 13.8 Å². The first-order valence-corrected chi connectivity index (χ1v) is 8.70. The van der Waals surface area contributed by atoms with Crippen molar-refractivity contribution in [2.45, 2.75) is 51.7 Å². The predicted octanol–water partition coefficient (Wildman–Crippen LogP) is 4.13. The number of benzene rings is 1. The number of carbonyl (C=O) groups is 2. The van der Waals surface area contributed by atoms with Crippen molar-refractivity contribution >= 4 is 23.3 Å². The van der Waals surface area contributed by atoms with Gasteiger partial charge in [-0.15, -0.1) is 0 Å². The van der Waals surface area contributed by atoms with Gasteiger partial charge in [-0.25, -0.2) is 4.79 Å².